The molecule has 0 unspecified atom stereocenters. The maximum absolute atomic E-state index is 6.20. The fourth-order valence-corrected chi connectivity index (χ4v) is 7.08. The van der Waals surface area contributed by atoms with Crippen LogP contribution in [0.25, 0.3) is 0 Å². The summed E-state index contributed by atoms with van der Waals surface area (Å²) in [5.74, 6) is 0. The molecule has 0 radical (unpaired) electrons. The molecule has 0 fully saturated rings. The maximum atomic E-state index is 6.20. The van der Waals surface area contributed by atoms with Gasteiger partial charge in [0.2, 0.25) is 0 Å². The predicted octanol–water partition coefficient (Wildman–Crippen LogP) is 9.97. The van der Waals surface area contributed by atoms with Gasteiger partial charge in [0.15, 0.2) is 40.6 Å². The van der Waals surface area contributed by atoms with E-state index in [-0.39, 0.29) is 0 Å². The molecule has 0 aromatic carbocycles. The van der Waals surface area contributed by atoms with Crippen LogP contribution in [0.4, 0.5) is 0 Å². The Hall–Kier alpha value is -2.47. The van der Waals surface area contributed by atoms with Gasteiger partial charge in [0.05, 0.1) is 0 Å². The van der Waals surface area contributed by atoms with Crippen molar-refractivity contribution in [3.05, 3.63) is 132 Å². The van der Waals surface area contributed by atoms with E-state index in [0.717, 1.165) is 41.6 Å². The zero-order valence-corrected chi connectivity index (χ0v) is 24.3. The quantitative estimate of drug-likeness (QED) is 0.169. The molecule has 10 heteroatoms. The molecule has 0 spiro atoms. The Morgan fingerprint density at radius 2 is 1.14 bits per heavy atom. The van der Waals surface area contributed by atoms with Gasteiger partial charge in [-0.25, -0.2) is 0 Å². The molecule has 0 saturated heterocycles. The number of thioether (sulfide) groups is 3. The van der Waals surface area contributed by atoms with Crippen LogP contribution < -0.4 is 14.2 Å². The van der Waals surface area contributed by atoms with Gasteiger partial charge >= 0.3 is 0 Å². The summed E-state index contributed by atoms with van der Waals surface area (Å²) in [5, 5.41) is 12.0. The highest BCUT2D eigenvalue weighted by Gasteiger charge is 2.22. The van der Waals surface area contributed by atoms with Gasteiger partial charge in [0.25, 0.3) is 0 Å². The third-order valence-corrected chi connectivity index (χ3v) is 9.04. The summed E-state index contributed by atoms with van der Waals surface area (Å²) >= 11 is 9.02. The number of ether oxygens (including phenoxy) is 4. The largest absolute Gasteiger partial charge is 0.443 e. The molecule has 5 heterocycles. The number of allylic oxidation sites excluding steroid dienone is 8. The van der Waals surface area contributed by atoms with E-state index >= 15 is 0 Å². The lowest BCUT2D eigenvalue weighted by Gasteiger charge is -2.20. The molecule has 3 aromatic heterocycles. The highest BCUT2D eigenvalue weighted by atomic mass is 32.2. The van der Waals surface area contributed by atoms with E-state index in [0.29, 0.717) is 10.2 Å². The zero-order chi connectivity index (χ0) is 25.5. The molecule has 2 aliphatic heterocycles. The van der Waals surface area contributed by atoms with E-state index in [1.54, 1.807) is 28.7 Å². The van der Waals surface area contributed by atoms with Crippen LogP contribution in [0.5, 0.6) is 15.2 Å². The molecule has 37 heavy (non-hydrogen) atoms. The first-order chi connectivity index (χ1) is 18.2. The van der Waals surface area contributed by atoms with E-state index in [4.69, 9.17) is 18.9 Å². The molecule has 0 N–H and O–H groups in total. The Labute approximate surface area is 240 Å². The van der Waals surface area contributed by atoms with E-state index in [2.05, 4.69) is 6.58 Å². The van der Waals surface area contributed by atoms with Gasteiger partial charge in [0.1, 0.15) is 0 Å². The second kappa shape index (κ2) is 12.9. The number of thiophene rings is 3. The molecular weight excluding hydrogens is 581 g/mol. The van der Waals surface area contributed by atoms with Crippen molar-refractivity contribution in [3.63, 3.8) is 0 Å². The minimum atomic E-state index is 0.695. The van der Waals surface area contributed by atoms with Crippen molar-refractivity contribution in [2.24, 2.45) is 0 Å². The lowest BCUT2D eigenvalue weighted by molar-refractivity contribution is 0.372. The molecular formula is C27H20O4S6. The zero-order valence-electron chi connectivity index (χ0n) is 19.4. The smallest absolute Gasteiger partial charge is 0.181 e. The minimum Gasteiger partial charge on any atom is -0.443 e. The first-order valence-corrected chi connectivity index (χ1v) is 16.3. The van der Waals surface area contributed by atoms with Crippen molar-refractivity contribution in [1.29, 1.82) is 0 Å². The van der Waals surface area contributed by atoms with Crippen molar-refractivity contribution in [3.8, 4) is 15.2 Å². The number of hydrogen-bond acceptors (Lipinski definition) is 10. The first-order valence-electron chi connectivity index (χ1n) is 10.8. The monoisotopic (exact) mass is 600 g/mol. The van der Waals surface area contributed by atoms with Gasteiger partial charge in [-0.2, -0.15) is 0 Å². The Kier molecular flexibility index (Phi) is 9.09. The summed E-state index contributed by atoms with van der Waals surface area (Å²) in [7, 11) is 0. The fourth-order valence-electron chi connectivity index (χ4n) is 3.04. The average Bonchev–Trinajstić information content (AvgIpc) is 3.69. The third-order valence-electron chi connectivity index (χ3n) is 4.57. The van der Waals surface area contributed by atoms with Crippen molar-refractivity contribution < 1.29 is 18.9 Å². The maximum Gasteiger partial charge on any atom is 0.181 e. The number of rotatable bonds is 10. The highest BCUT2D eigenvalue weighted by Crippen LogP contribution is 2.42. The van der Waals surface area contributed by atoms with Crippen LogP contribution >= 0.6 is 69.3 Å². The highest BCUT2D eigenvalue weighted by molar-refractivity contribution is 8.06. The molecule has 0 aliphatic carbocycles. The normalized spacial score (nSPS) is 15.9. The summed E-state index contributed by atoms with van der Waals surface area (Å²) < 4.78 is 24.7. The van der Waals surface area contributed by atoms with Gasteiger partial charge in [0, 0.05) is 0 Å². The lowest BCUT2D eigenvalue weighted by atomic mass is 10.1. The first kappa shape index (κ1) is 26.1. The van der Waals surface area contributed by atoms with Crippen LogP contribution in [0.2, 0.25) is 0 Å². The lowest BCUT2D eigenvalue weighted by Crippen LogP contribution is -2.04. The van der Waals surface area contributed by atoms with E-state index in [9.17, 15) is 0 Å². The van der Waals surface area contributed by atoms with Crippen LogP contribution in [0.15, 0.2) is 132 Å². The summed E-state index contributed by atoms with van der Waals surface area (Å²) in [6.07, 6.45) is 13.6. The molecule has 4 nitrogen and oxygen atoms in total. The van der Waals surface area contributed by atoms with Crippen LogP contribution in [0.1, 0.15) is 0 Å². The molecule has 0 atom stereocenters. The van der Waals surface area contributed by atoms with Crippen LogP contribution in [0, 0.1) is 0 Å². The summed E-state index contributed by atoms with van der Waals surface area (Å²) in [5.41, 5.74) is 1.84. The summed E-state index contributed by atoms with van der Waals surface area (Å²) in [4.78, 5) is 0. The Morgan fingerprint density at radius 3 is 1.51 bits per heavy atom. The van der Waals surface area contributed by atoms with Gasteiger partial charge in [-0.05, 0) is 124 Å². The van der Waals surface area contributed by atoms with Gasteiger partial charge in [-0.1, -0.05) is 24.4 Å². The molecule has 0 amide bonds. The molecule has 2 aliphatic rings. The summed E-state index contributed by atoms with van der Waals surface area (Å²) in [6.45, 7) is 3.79. The van der Waals surface area contributed by atoms with Crippen molar-refractivity contribution in [2.75, 3.05) is 6.26 Å². The van der Waals surface area contributed by atoms with Crippen LogP contribution in [0.3, 0.4) is 0 Å². The van der Waals surface area contributed by atoms with E-state index in [1.807, 2.05) is 89.2 Å². The minimum absolute atomic E-state index is 0.695. The average molecular weight is 601 g/mol. The number of hydrogen-bond donors (Lipinski definition) is 0. The molecule has 188 valence electrons. The Bertz CT molecular complexity index is 1350. The molecule has 0 saturated carbocycles. The van der Waals surface area contributed by atoms with Crippen LogP contribution in [-0.2, 0) is 4.74 Å². The van der Waals surface area contributed by atoms with Crippen molar-refractivity contribution >= 4 is 69.3 Å². The van der Waals surface area contributed by atoms with Crippen molar-refractivity contribution in [2.45, 2.75) is 0 Å². The standard InChI is InChI=1S/C27H20O4S6/c1-3-7-20(32-2)28-24-14-18(15-25(36-24)29-21-8-4-11-33-21)19-16-26(30-22-9-5-12-34-22)37-27(17-19)31-23-10-6-13-35-23/h3-17H,1H2,2H3/b20-7-. The molecule has 0 bridgehead atoms. The third kappa shape index (κ3) is 7.31. The fraction of sp³-hybridized carbons (Fsp3) is 0.0370. The van der Waals surface area contributed by atoms with E-state index in [1.165, 1.54) is 46.6 Å². The van der Waals surface area contributed by atoms with Gasteiger partial charge in [-0.15, -0.1) is 34.0 Å². The Morgan fingerprint density at radius 1 is 0.703 bits per heavy atom. The predicted molar refractivity (Wildman–Crippen MR) is 162 cm³/mol. The molecule has 5 rings (SSSR count). The van der Waals surface area contributed by atoms with E-state index < -0.39 is 0 Å². The Balaban J connectivity index is 1.54. The second-order valence-corrected chi connectivity index (χ2v) is 12.7. The van der Waals surface area contributed by atoms with Gasteiger partial charge < -0.3 is 18.9 Å². The van der Waals surface area contributed by atoms with Crippen LogP contribution in [-0.4, -0.2) is 6.26 Å². The topological polar surface area (TPSA) is 36.9 Å². The SMILES string of the molecule is C=C/C=C(/OC1=CC(=C2C=C(Oc3cccs3)SC(Oc3cccs3)=C2)C=C(Oc2cccs2)S1)SC. The summed E-state index contributed by atoms with van der Waals surface area (Å²) in [6, 6.07) is 11.7. The molecule has 3 aromatic rings. The second-order valence-electron chi connectivity index (χ2n) is 7.10. The van der Waals surface area contributed by atoms with Gasteiger partial charge in [-0.3, -0.25) is 0 Å². The van der Waals surface area contributed by atoms with Crippen molar-refractivity contribution in [1.82, 2.24) is 0 Å².